The average Bonchev–Trinajstić information content (AvgIpc) is 2.46. The van der Waals surface area contributed by atoms with Crippen LogP contribution in [0.2, 0.25) is 0 Å². The van der Waals surface area contributed by atoms with Crippen molar-refractivity contribution in [2.24, 2.45) is 5.92 Å². The van der Waals surface area contributed by atoms with Gasteiger partial charge < -0.3 is 5.32 Å². The van der Waals surface area contributed by atoms with Crippen molar-refractivity contribution in [3.05, 3.63) is 35.9 Å². The largest absolute Gasteiger partial charge is 0.309 e. The molecule has 0 bridgehead atoms. The van der Waals surface area contributed by atoms with Gasteiger partial charge in [-0.15, -0.1) is 0 Å². The molecule has 0 aromatic heterocycles. The minimum absolute atomic E-state index is 0.507. The molecule has 3 heteroatoms. The summed E-state index contributed by atoms with van der Waals surface area (Å²) in [5.41, 5.74) is 1.33. The summed E-state index contributed by atoms with van der Waals surface area (Å²) in [7, 11) is 0. The molecule has 0 spiro atoms. The standard InChI is InChI=1S/C16H23N3/c1-2-14-10-16(13-19(12-14)9-8-17)18-11-15-6-4-3-5-7-15/h3-7,14,16,18H,2,9-13H2,1H3. The summed E-state index contributed by atoms with van der Waals surface area (Å²) < 4.78 is 0. The van der Waals surface area contributed by atoms with Crippen LogP contribution in [0.3, 0.4) is 0 Å². The van der Waals surface area contributed by atoms with E-state index in [9.17, 15) is 0 Å². The first kappa shape index (κ1) is 14.0. The lowest BCUT2D eigenvalue weighted by Gasteiger charge is -2.36. The van der Waals surface area contributed by atoms with Crippen LogP contribution in [0.25, 0.3) is 0 Å². The lowest BCUT2D eigenvalue weighted by molar-refractivity contribution is 0.152. The Hall–Kier alpha value is -1.37. The Balaban J connectivity index is 1.86. The molecule has 0 saturated carbocycles. The zero-order chi connectivity index (χ0) is 13.5. The fourth-order valence-corrected chi connectivity index (χ4v) is 2.83. The van der Waals surface area contributed by atoms with E-state index >= 15 is 0 Å². The highest BCUT2D eigenvalue weighted by molar-refractivity contribution is 5.14. The van der Waals surface area contributed by atoms with Crippen molar-refractivity contribution in [2.75, 3.05) is 19.6 Å². The van der Waals surface area contributed by atoms with Crippen LogP contribution in [0.1, 0.15) is 25.3 Å². The van der Waals surface area contributed by atoms with Crippen molar-refractivity contribution in [1.82, 2.24) is 10.2 Å². The van der Waals surface area contributed by atoms with Crippen LogP contribution in [-0.2, 0) is 6.54 Å². The average molecular weight is 257 g/mol. The summed E-state index contributed by atoms with van der Waals surface area (Å²) in [5.74, 6) is 0.718. The van der Waals surface area contributed by atoms with E-state index < -0.39 is 0 Å². The minimum Gasteiger partial charge on any atom is -0.309 e. The van der Waals surface area contributed by atoms with Gasteiger partial charge in [-0.05, 0) is 17.9 Å². The van der Waals surface area contributed by atoms with Gasteiger partial charge in [0.25, 0.3) is 0 Å². The second kappa shape index (κ2) is 7.28. The van der Waals surface area contributed by atoms with Gasteiger partial charge in [0, 0.05) is 25.7 Å². The Bertz CT molecular complexity index is 410. The summed E-state index contributed by atoms with van der Waals surface area (Å²) in [6, 6.07) is 13.3. The number of rotatable bonds is 5. The third-order valence-electron chi connectivity index (χ3n) is 3.92. The Morgan fingerprint density at radius 3 is 2.79 bits per heavy atom. The van der Waals surface area contributed by atoms with Gasteiger partial charge in [0.1, 0.15) is 0 Å². The van der Waals surface area contributed by atoms with Gasteiger partial charge >= 0.3 is 0 Å². The molecular formula is C16H23N3. The number of nitrogens with one attached hydrogen (secondary N) is 1. The van der Waals surface area contributed by atoms with Crippen molar-refractivity contribution >= 4 is 0 Å². The van der Waals surface area contributed by atoms with E-state index in [1.165, 1.54) is 18.4 Å². The molecular weight excluding hydrogens is 234 g/mol. The van der Waals surface area contributed by atoms with Crippen molar-refractivity contribution in [2.45, 2.75) is 32.4 Å². The van der Waals surface area contributed by atoms with E-state index in [1.807, 2.05) is 6.07 Å². The summed E-state index contributed by atoms with van der Waals surface area (Å²) in [5, 5.41) is 12.5. The molecule has 1 aromatic carbocycles. The highest BCUT2D eigenvalue weighted by Crippen LogP contribution is 2.19. The maximum atomic E-state index is 8.86. The van der Waals surface area contributed by atoms with Crippen molar-refractivity contribution in [1.29, 1.82) is 5.26 Å². The highest BCUT2D eigenvalue weighted by atomic mass is 15.2. The van der Waals surface area contributed by atoms with Crippen LogP contribution in [-0.4, -0.2) is 30.6 Å². The fraction of sp³-hybridized carbons (Fsp3) is 0.562. The third-order valence-corrected chi connectivity index (χ3v) is 3.92. The van der Waals surface area contributed by atoms with Gasteiger partial charge in [0.2, 0.25) is 0 Å². The first-order valence-electron chi connectivity index (χ1n) is 7.18. The number of nitriles is 1. The zero-order valence-corrected chi connectivity index (χ0v) is 11.7. The molecule has 2 unspecified atom stereocenters. The van der Waals surface area contributed by atoms with Crippen LogP contribution in [0.5, 0.6) is 0 Å². The molecule has 1 heterocycles. The molecule has 1 aliphatic heterocycles. The topological polar surface area (TPSA) is 39.1 Å². The van der Waals surface area contributed by atoms with Crippen molar-refractivity contribution < 1.29 is 0 Å². The second-order valence-corrected chi connectivity index (χ2v) is 5.43. The van der Waals surface area contributed by atoms with Gasteiger partial charge in [0.05, 0.1) is 12.6 Å². The molecule has 2 atom stereocenters. The number of benzene rings is 1. The summed E-state index contributed by atoms with van der Waals surface area (Å²) in [6.07, 6.45) is 2.43. The summed E-state index contributed by atoms with van der Waals surface area (Å²) in [6.45, 7) is 5.79. The molecule has 3 nitrogen and oxygen atoms in total. The SMILES string of the molecule is CCC1CC(NCc2ccccc2)CN(CC#N)C1. The number of likely N-dealkylation sites (tertiary alicyclic amines) is 1. The monoisotopic (exact) mass is 257 g/mol. The quantitative estimate of drug-likeness (QED) is 0.823. The van der Waals surface area contributed by atoms with Crippen LogP contribution < -0.4 is 5.32 Å². The maximum Gasteiger partial charge on any atom is 0.0866 e. The molecule has 1 aromatic rings. The molecule has 0 aliphatic carbocycles. The molecule has 0 amide bonds. The van der Waals surface area contributed by atoms with Crippen LogP contribution in [0, 0.1) is 17.2 Å². The molecule has 1 aliphatic rings. The van der Waals surface area contributed by atoms with Crippen LogP contribution >= 0.6 is 0 Å². The number of hydrogen-bond donors (Lipinski definition) is 1. The Labute approximate surface area is 116 Å². The van der Waals surface area contributed by atoms with E-state index in [2.05, 4.69) is 47.5 Å². The van der Waals surface area contributed by atoms with Gasteiger partial charge in [-0.2, -0.15) is 5.26 Å². The van der Waals surface area contributed by atoms with Gasteiger partial charge in [0.15, 0.2) is 0 Å². The zero-order valence-electron chi connectivity index (χ0n) is 11.7. The normalized spacial score (nSPS) is 24.0. The number of nitrogens with zero attached hydrogens (tertiary/aromatic N) is 2. The molecule has 1 fully saturated rings. The van der Waals surface area contributed by atoms with Crippen molar-refractivity contribution in [3.8, 4) is 6.07 Å². The van der Waals surface area contributed by atoms with E-state index in [4.69, 9.17) is 5.26 Å². The number of hydrogen-bond acceptors (Lipinski definition) is 3. The molecule has 0 radical (unpaired) electrons. The fourth-order valence-electron chi connectivity index (χ4n) is 2.83. The van der Waals surface area contributed by atoms with Crippen LogP contribution in [0.4, 0.5) is 0 Å². The van der Waals surface area contributed by atoms with E-state index in [0.717, 1.165) is 25.6 Å². The lowest BCUT2D eigenvalue weighted by atomic mass is 9.92. The predicted octanol–water partition coefficient (Wildman–Crippen LogP) is 2.40. The Morgan fingerprint density at radius 1 is 1.32 bits per heavy atom. The first-order valence-corrected chi connectivity index (χ1v) is 7.18. The minimum atomic E-state index is 0.507. The molecule has 1 N–H and O–H groups in total. The lowest BCUT2D eigenvalue weighted by Crippen LogP contribution is -2.48. The third kappa shape index (κ3) is 4.34. The Kier molecular flexibility index (Phi) is 5.38. The van der Waals surface area contributed by atoms with Crippen LogP contribution in [0.15, 0.2) is 30.3 Å². The van der Waals surface area contributed by atoms with Crippen molar-refractivity contribution in [3.63, 3.8) is 0 Å². The van der Waals surface area contributed by atoms with E-state index in [-0.39, 0.29) is 0 Å². The van der Waals surface area contributed by atoms with E-state index in [0.29, 0.717) is 12.6 Å². The van der Waals surface area contributed by atoms with Gasteiger partial charge in [-0.3, -0.25) is 4.90 Å². The summed E-state index contributed by atoms with van der Waals surface area (Å²) in [4.78, 5) is 2.28. The molecule has 1 saturated heterocycles. The smallest absolute Gasteiger partial charge is 0.0866 e. The molecule has 2 rings (SSSR count). The second-order valence-electron chi connectivity index (χ2n) is 5.43. The predicted molar refractivity (Wildman–Crippen MR) is 77.5 cm³/mol. The number of piperidine rings is 1. The highest BCUT2D eigenvalue weighted by Gasteiger charge is 2.25. The maximum absolute atomic E-state index is 8.86. The first-order chi connectivity index (χ1) is 9.31. The molecule has 19 heavy (non-hydrogen) atoms. The summed E-state index contributed by atoms with van der Waals surface area (Å²) >= 11 is 0. The molecule has 102 valence electrons. The van der Waals surface area contributed by atoms with E-state index in [1.54, 1.807) is 0 Å². The van der Waals surface area contributed by atoms with Gasteiger partial charge in [-0.1, -0.05) is 43.7 Å². The Morgan fingerprint density at radius 2 is 2.11 bits per heavy atom. The van der Waals surface area contributed by atoms with Gasteiger partial charge in [-0.25, -0.2) is 0 Å².